The van der Waals surface area contributed by atoms with E-state index in [1.54, 1.807) is 0 Å². The molecule has 0 spiro atoms. The van der Waals surface area contributed by atoms with Gasteiger partial charge in [0.05, 0.1) is 0 Å². The quantitative estimate of drug-likeness (QED) is 0.610. The molecule has 1 fully saturated rings. The second-order valence-corrected chi connectivity index (χ2v) is 12.5. The minimum atomic E-state index is -1.65. The first-order valence-electron chi connectivity index (χ1n) is 7.61. The number of para-hydroxylation sites is 1. The molecule has 1 aliphatic rings. The Labute approximate surface area is 129 Å². The SMILES string of the molecule is CC1(C)CC(=O)C/C(=N\N(c2ccccc2)[Si](C)(C)C)C1. The van der Waals surface area contributed by atoms with Crippen molar-refractivity contribution in [1.29, 1.82) is 0 Å². The summed E-state index contributed by atoms with van der Waals surface area (Å²) in [6.07, 6.45) is 2.09. The van der Waals surface area contributed by atoms with Crippen LogP contribution in [0, 0.1) is 5.41 Å². The number of benzene rings is 1. The van der Waals surface area contributed by atoms with Crippen LogP contribution in [0.25, 0.3) is 0 Å². The normalized spacial score (nSPS) is 20.6. The van der Waals surface area contributed by atoms with Crippen LogP contribution in [-0.4, -0.2) is 19.7 Å². The van der Waals surface area contributed by atoms with E-state index in [0.29, 0.717) is 18.6 Å². The number of rotatable bonds is 3. The average Bonchev–Trinajstić information content (AvgIpc) is 2.33. The van der Waals surface area contributed by atoms with Gasteiger partial charge in [0.2, 0.25) is 0 Å². The molecule has 0 bridgehead atoms. The van der Waals surface area contributed by atoms with Crippen LogP contribution in [0.15, 0.2) is 35.4 Å². The third-order valence-corrected chi connectivity index (χ3v) is 5.27. The zero-order valence-corrected chi connectivity index (χ0v) is 14.8. The van der Waals surface area contributed by atoms with Crippen LogP contribution >= 0.6 is 0 Å². The van der Waals surface area contributed by atoms with Crippen molar-refractivity contribution in [1.82, 2.24) is 0 Å². The van der Waals surface area contributed by atoms with Gasteiger partial charge in [-0.2, -0.15) is 5.10 Å². The topological polar surface area (TPSA) is 32.7 Å². The molecule has 0 radical (unpaired) electrons. The molecular weight excluding hydrogens is 276 g/mol. The minimum absolute atomic E-state index is 0.0377. The van der Waals surface area contributed by atoms with Crippen molar-refractivity contribution in [3.8, 4) is 0 Å². The third-order valence-electron chi connectivity index (χ3n) is 3.64. The van der Waals surface area contributed by atoms with Gasteiger partial charge in [-0.05, 0) is 43.6 Å². The first-order chi connectivity index (χ1) is 9.67. The van der Waals surface area contributed by atoms with Gasteiger partial charge in [0, 0.05) is 24.2 Å². The molecule has 21 heavy (non-hydrogen) atoms. The van der Waals surface area contributed by atoms with E-state index in [-0.39, 0.29) is 5.41 Å². The first kappa shape index (κ1) is 16.0. The molecule has 0 atom stereocenters. The van der Waals surface area contributed by atoms with Crippen molar-refractivity contribution in [2.24, 2.45) is 10.5 Å². The standard InChI is InChI=1S/C17H26N2OSi/c1-17(2)12-14(11-16(20)13-17)18-19(21(3,4)5)15-9-7-6-8-10-15/h6-10H,11-13H2,1-5H3/b18-14+. The van der Waals surface area contributed by atoms with Gasteiger partial charge in [-0.25, -0.2) is 0 Å². The second-order valence-electron chi connectivity index (χ2n) is 7.72. The summed E-state index contributed by atoms with van der Waals surface area (Å²) in [5.74, 6) is 0.314. The predicted molar refractivity (Wildman–Crippen MR) is 92.3 cm³/mol. The van der Waals surface area contributed by atoms with Crippen LogP contribution in [-0.2, 0) is 4.79 Å². The van der Waals surface area contributed by atoms with Crippen molar-refractivity contribution in [2.75, 3.05) is 4.67 Å². The van der Waals surface area contributed by atoms with Gasteiger partial charge >= 0.3 is 0 Å². The molecule has 0 amide bonds. The molecule has 0 aromatic heterocycles. The van der Waals surface area contributed by atoms with E-state index in [2.05, 4.69) is 50.3 Å². The Morgan fingerprint density at radius 3 is 2.24 bits per heavy atom. The number of hydrogen-bond acceptors (Lipinski definition) is 3. The Balaban J connectivity index is 2.35. The molecule has 1 aliphatic carbocycles. The molecule has 0 unspecified atom stereocenters. The predicted octanol–water partition coefficient (Wildman–Crippen LogP) is 4.46. The smallest absolute Gasteiger partial charge is 0.176 e. The van der Waals surface area contributed by atoms with Crippen molar-refractivity contribution in [2.45, 2.75) is 52.8 Å². The highest BCUT2D eigenvalue weighted by Gasteiger charge is 2.32. The van der Waals surface area contributed by atoms with E-state index < -0.39 is 8.24 Å². The first-order valence-corrected chi connectivity index (χ1v) is 11.1. The summed E-state index contributed by atoms with van der Waals surface area (Å²) in [7, 11) is -1.65. The molecule has 0 aliphatic heterocycles. The lowest BCUT2D eigenvalue weighted by Gasteiger charge is -2.35. The summed E-state index contributed by atoms with van der Waals surface area (Å²) in [6.45, 7) is 11.1. The Morgan fingerprint density at radius 2 is 1.71 bits per heavy atom. The van der Waals surface area contributed by atoms with Gasteiger partial charge in [0.25, 0.3) is 0 Å². The number of anilines is 1. The Morgan fingerprint density at radius 1 is 1.10 bits per heavy atom. The number of carbonyl (C=O) groups is 1. The van der Waals surface area contributed by atoms with E-state index in [4.69, 9.17) is 5.10 Å². The lowest BCUT2D eigenvalue weighted by molar-refractivity contribution is -0.120. The fraction of sp³-hybridized carbons (Fsp3) is 0.529. The summed E-state index contributed by atoms with van der Waals surface area (Å²) < 4.78 is 2.18. The van der Waals surface area contributed by atoms with Gasteiger partial charge in [-0.15, -0.1) is 0 Å². The van der Waals surface area contributed by atoms with E-state index >= 15 is 0 Å². The van der Waals surface area contributed by atoms with Crippen molar-refractivity contribution >= 4 is 25.4 Å². The van der Waals surface area contributed by atoms with Gasteiger partial charge in [0.1, 0.15) is 5.78 Å². The fourth-order valence-electron chi connectivity index (χ4n) is 2.88. The van der Waals surface area contributed by atoms with Crippen molar-refractivity contribution in [3.63, 3.8) is 0 Å². The maximum Gasteiger partial charge on any atom is 0.176 e. The minimum Gasteiger partial charge on any atom is -0.299 e. The van der Waals surface area contributed by atoms with E-state index in [9.17, 15) is 4.79 Å². The van der Waals surface area contributed by atoms with Crippen LogP contribution in [0.3, 0.4) is 0 Å². The van der Waals surface area contributed by atoms with E-state index in [0.717, 1.165) is 17.8 Å². The highest BCUT2D eigenvalue weighted by molar-refractivity contribution is 6.79. The lowest BCUT2D eigenvalue weighted by Crippen LogP contribution is -2.44. The number of Topliss-reactive ketones (excluding diaryl/α,β-unsaturated/α-hetero) is 1. The molecular formula is C17H26N2OSi. The average molecular weight is 302 g/mol. The molecule has 1 saturated carbocycles. The number of ketones is 1. The van der Waals surface area contributed by atoms with Gasteiger partial charge in [0.15, 0.2) is 8.24 Å². The van der Waals surface area contributed by atoms with Crippen LogP contribution < -0.4 is 4.67 Å². The summed E-state index contributed by atoms with van der Waals surface area (Å²) in [4.78, 5) is 12.0. The van der Waals surface area contributed by atoms with Gasteiger partial charge in [-0.3, -0.25) is 9.47 Å². The number of carbonyl (C=O) groups excluding carboxylic acids is 1. The Kier molecular flexibility index (Phi) is 4.37. The largest absolute Gasteiger partial charge is 0.299 e. The summed E-state index contributed by atoms with van der Waals surface area (Å²) in [5, 5.41) is 4.91. The number of nitrogens with zero attached hydrogens (tertiary/aromatic N) is 2. The molecule has 2 rings (SSSR count). The van der Waals surface area contributed by atoms with Crippen molar-refractivity contribution in [3.05, 3.63) is 30.3 Å². The summed E-state index contributed by atoms with van der Waals surface area (Å²) in [5.41, 5.74) is 2.19. The highest BCUT2D eigenvalue weighted by atomic mass is 28.3. The second kappa shape index (κ2) is 5.76. The summed E-state index contributed by atoms with van der Waals surface area (Å²) >= 11 is 0. The third kappa shape index (κ3) is 4.27. The van der Waals surface area contributed by atoms with Crippen LogP contribution in [0.4, 0.5) is 5.69 Å². The van der Waals surface area contributed by atoms with Crippen LogP contribution in [0.1, 0.15) is 33.1 Å². The number of hydrogen-bond donors (Lipinski definition) is 0. The number of hydrazone groups is 1. The molecule has 114 valence electrons. The zero-order chi connectivity index (χ0) is 15.7. The fourth-order valence-corrected chi connectivity index (χ4v) is 4.24. The Bertz CT molecular complexity index is 544. The van der Waals surface area contributed by atoms with Crippen LogP contribution in [0.5, 0.6) is 0 Å². The van der Waals surface area contributed by atoms with Crippen LogP contribution in [0.2, 0.25) is 19.6 Å². The van der Waals surface area contributed by atoms with Gasteiger partial charge in [-0.1, -0.05) is 32.0 Å². The molecule has 1 aromatic rings. The molecule has 0 N–H and O–H groups in total. The van der Waals surface area contributed by atoms with E-state index in [1.165, 1.54) is 0 Å². The lowest BCUT2D eigenvalue weighted by atomic mass is 9.76. The molecule has 4 heteroatoms. The monoisotopic (exact) mass is 302 g/mol. The van der Waals surface area contributed by atoms with Crippen molar-refractivity contribution < 1.29 is 4.79 Å². The molecule has 3 nitrogen and oxygen atoms in total. The maximum absolute atomic E-state index is 12.0. The van der Waals surface area contributed by atoms with E-state index in [1.807, 2.05) is 18.2 Å². The molecule has 1 aromatic carbocycles. The maximum atomic E-state index is 12.0. The molecule has 0 saturated heterocycles. The highest BCUT2D eigenvalue weighted by Crippen LogP contribution is 2.33. The summed E-state index contributed by atoms with van der Waals surface area (Å²) in [6, 6.07) is 10.3. The van der Waals surface area contributed by atoms with Gasteiger partial charge < -0.3 is 0 Å². The molecule has 0 heterocycles. The zero-order valence-electron chi connectivity index (χ0n) is 13.8. The Hall–Kier alpha value is -1.42.